The van der Waals surface area contributed by atoms with Gasteiger partial charge in [-0.2, -0.15) is 0 Å². The quantitative estimate of drug-likeness (QED) is 0.624. The van der Waals surface area contributed by atoms with Crippen LogP contribution in [0.3, 0.4) is 0 Å². The molecule has 0 aromatic heterocycles. The van der Waals surface area contributed by atoms with E-state index in [1.807, 2.05) is 6.08 Å². The highest BCUT2D eigenvalue weighted by Crippen LogP contribution is 2.27. The van der Waals surface area contributed by atoms with Gasteiger partial charge < -0.3 is 0 Å². The van der Waals surface area contributed by atoms with Crippen LogP contribution >= 0.6 is 0 Å². The van der Waals surface area contributed by atoms with E-state index in [9.17, 15) is 0 Å². The number of rotatable bonds is 3. The first-order chi connectivity index (χ1) is 7.60. The Hall–Kier alpha value is -1.56. The first kappa shape index (κ1) is 12.5. The Morgan fingerprint density at radius 1 is 1.12 bits per heavy atom. The van der Waals surface area contributed by atoms with E-state index in [0.29, 0.717) is 0 Å². The number of hydrogen-bond acceptors (Lipinski definition) is 0. The van der Waals surface area contributed by atoms with Gasteiger partial charge in [0.25, 0.3) is 0 Å². The highest BCUT2D eigenvalue weighted by molar-refractivity contribution is 5.82. The Morgan fingerprint density at radius 3 is 2.12 bits per heavy atom. The lowest BCUT2D eigenvalue weighted by molar-refractivity contribution is 1.39. The van der Waals surface area contributed by atoms with Gasteiger partial charge in [-0.25, -0.2) is 0 Å². The maximum atomic E-state index is 3.86. The zero-order chi connectivity index (χ0) is 12.1. The van der Waals surface area contributed by atoms with E-state index in [4.69, 9.17) is 0 Å². The van der Waals surface area contributed by atoms with E-state index >= 15 is 0 Å². The second kappa shape index (κ2) is 5.50. The lowest BCUT2D eigenvalue weighted by Crippen LogP contribution is -1.90. The van der Waals surface area contributed by atoms with Crippen LogP contribution < -0.4 is 0 Å². The van der Waals surface area contributed by atoms with Crippen LogP contribution in [-0.4, -0.2) is 0 Å². The third-order valence-electron chi connectivity index (χ3n) is 2.87. The Morgan fingerprint density at radius 2 is 1.69 bits per heavy atom. The average Bonchev–Trinajstić information content (AvgIpc) is 2.31. The average molecular weight is 212 g/mol. The fourth-order valence-corrected chi connectivity index (χ4v) is 1.73. The van der Waals surface area contributed by atoms with Crippen molar-refractivity contribution in [2.24, 2.45) is 0 Å². The Kier molecular flexibility index (Phi) is 4.30. The maximum absolute atomic E-state index is 3.86. The summed E-state index contributed by atoms with van der Waals surface area (Å²) >= 11 is 0. The summed E-state index contributed by atoms with van der Waals surface area (Å²) in [6, 6.07) is 8.64. The molecule has 0 fully saturated rings. The van der Waals surface area contributed by atoms with Gasteiger partial charge in [0.2, 0.25) is 0 Å². The van der Waals surface area contributed by atoms with Crippen LogP contribution in [0, 0.1) is 6.92 Å². The highest BCUT2D eigenvalue weighted by Gasteiger charge is 2.05. The molecule has 84 valence electrons. The maximum Gasteiger partial charge on any atom is -0.0129 e. The molecule has 0 aliphatic carbocycles. The van der Waals surface area contributed by atoms with E-state index < -0.39 is 0 Å². The van der Waals surface area contributed by atoms with Gasteiger partial charge in [0.1, 0.15) is 0 Å². The molecule has 0 atom stereocenters. The van der Waals surface area contributed by atoms with Crippen LogP contribution in [0.25, 0.3) is 5.57 Å². The van der Waals surface area contributed by atoms with E-state index in [2.05, 4.69) is 64.6 Å². The third-order valence-corrected chi connectivity index (χ3v) is 2.87. The van der Waals surface area contributed by atoms with Crippen molar-refractivity contribution in [1.29, 1.82) is 0 Å². The SMILES string of the molecule is C=C/C(C)=C(\C(C)=C/C)c1ccc(C)cc1. The second-order valence-corrected chi connectivity index (χ2v) is 4.10. The molecule has 16 heavy (non-hydrogen) atoms. The van der Waals surface area contributed by atoms with Crippen molar-refractivity contribution in [3.63, 3.8) is 0 Å². The molecular formula is C16H20. The minimum Gasteiger partial charge on any atom is -0.0988 e. The molecular weight excluding hydrogens is 192 g/mol. The van der Waals surface area contributed by atoms with Crippen molar-refractivity contribution in [2.75, 3.05) is 0 Å². The van der Waals surface area contributed by atoms with Crippen LogP contribution in [0.1, 0.15) is 31.9 Å². The van der Waals surface area contributed by atoms with Crippen LogP contribution in [0.2, 0.25) is 0 Å². The lowest BCUT2D eigenvalue weighted by Gasteiger charge is -2.11. The third kappa shape index (κ3) is 2.73. The monoisotopic (exact) mass is 212 g/mol. The normalized spacial score (nSPS) is 13.4. The first-order valence-corrected chi connectivity index (χ1v) is 5.63. The standard InChI is InChI=1S/C16H20/c1-6-13(4)16(14(5)7-2)15-10-8-12(3)9-11-15/h6-11H,1H2,2-5H3/b14-7-,16-13+. The summed E-state index contributed by atoms with van der Waals surface area (Å²) in [7, 11) is 0. The summed E-state index contributed by atoms with van der Waals surface area (Å²) in [6.07, 6.45) is 4.06. The van der Waals surface area contributed by atoms with E-state index in [1.54, 1.807) is 0 Å². The van der Waals surface area contributed by atoms with Crippen LogP contribution in [0.5, 0.6) is 0 Å². The zero-order valence-electron chi connectivity index (χ0n) is 10.7. The Bertz CT molecular complexity index is 428. The smallest absolute Gasteiger partial charge is 0.0129 e. The minimum atomic E-state index is 1.22. The summed E-state index contributed by atoms with van der Waals surface area (Å²) in [5.74, 6) is 0. The molecule has 0 heteroatoms. The van der Waals surface area contributed by atoms with Gasteiger partial charge in [-0.05, 0) is 50.0 Å². The summed E-state index contributed by atoms with van der Waals surface area (Å²) in [6.45, 7) is 12.3. The molecule has 0 unspecified atom stereocenters. The van der Waals surface area contributed by atoms with Crippen molar-refractivity contribution in [3.05, 3.63) is 65.3 Å². The number of hydrogen-bond donors (Lipinski definition) is 0. The minimum absolute atomic E-state index is 1.22. The van der Waals surface area contributed by atoms with Crippen LogP contribution in [-0.2, 0) is 0 Å². The molecule has 0 aliphatic heterocycles. The molecule has 0 amide bonds. The van der Waals surface area contributed by atoms with Crippen LogP contribution in [0.15, 0.2) is 54.1 Å². The number of allylic oxidation sites excluding steroid dienone is 5. The van der Waals surface area contributed by atoms with Crippen molar-refractivity contribution in [3.8, 4) is 0 Å². The fraction of sp³-hybridized carbons (Fsp3) is 0.250. The summed E-state index contributed by atoms with van der Waals surface area (Å²) < 4.78 is 0. The zero-order valence-corrected chi connectivity index (χ0v) is 10.7. The van der Waals surface area contributed by atoms with Gasteiger partial charge in [-0.15, -0.1) is 0 Å². The molecule has 0 saturated carbocycles. The molecule has 0 bridgehead atoms. The molecule has 0 heterocycles. The Labute approximate surface area is 99.0 Å². The number of aryl methyl sites for hydroxylation is 1. The van der Waals surface area contributed by atoms with E-state index in [0.717, 1.165) is 0 Å². The van der Waals surface area contributed by atoms with Crippen molar-refractivity contribution in [2.45, 2.75) is 27.7 Å². The van der Waals surface area contributed by atoms with E-state index in [-0.39, 0.29) is 0 Å². The fourth-order valence-electron chi connectivity index (χ4n) is 1.73. The molecule has 0 spiro atoms. The summed E-state index contributed by atoms with van der Waals surface area (Å²) in [5.41, 5.74) is 6.36. The lowest BCUT2D eigenvalue weighted by atomic mass is 9.93. The molecule has 0 N–H and O–H groups in total. The first-order valence-electron chi connectivity index (χ1n) is 5.63. The highest BCUT2D eigenvalue weighted by atomic mass is 14.1. The molecule has 0 radical (unpaired) electrons. The predicted octanol–water partition coefficient (Wildman–Crippen LogP) is 4.92. The van der Waals surface area contributed by atoms with Gasteiger partial charge >= 0.3 is 0 Å². The molecule has 0 aliphatic rings. The molecule has 0 saturated heterocycles. The van der Waals surface area contributed by atoms with Gasteiger partial charge in [0.15, 0.2) is 0 Å². The van der Waals surface area contributed by atoms with Gasteiger partial charge in [0, 0.05) is 0 Å². The topological polar surface area (TPSA) is 0 Å². The molecule has 0 nitrogen and oxygen atoms in total. The van der Waals surface area contributed by atoms with E-state index in [1.165, 1.54) is 27.8 Å². The second-order valence-electron chi connectivity index (χ2n) is 4.10. The summed E-state index contributed by atoms with van der Waals surface area (Å²) in [5, 5.41) is 0. The number of benzene rings is 1. The van der Waals surface area contributed by atoms with Crippen molar-refractivity contribution >= 4 is 5.57 Å². The summed E-state index contributed by atoms with van der Waals surface area (Å²) in [4.78, 5) is 0. The molecule has 1 aromatic rings. The molecule has 1 rings (SSSR count). The predicted molar refractivity (Wildman–Crippen MR) is 73.4 cm³/mol. The van der Waals surface area contributed by atoms with Gasteiger partial charge in [-0.3, -0.25) is 0 Å². The van der Waals surface area contributed by atoms with Crippen molar-refractivity contribution in [1.82, 2.24) is 0 Å². The van der Waals surface area contributed by atoms with Gasteiger partial charge in [0.05, 0.1) is 0 Å². The van der Waals surface area contributed by atoms with Crippen molar-refractivity contribution < 1.29 is 0 Å². The van der Waals surface area contributed by atoms with Gasteiger partial charge in [-0.1, -0.05) is 48.6 Å². The largest absolute Gasteiger partial charge is 0.0988 e. The molecule has 1 aromatic carbocycles. The Balaban J connectivity index is 3.34. The van der Waals surface area contributed by atoms with Crippen LogP contribution in [0.4, 0.5) is 0 Å².